The number of nitrogens with zero attached hydrogens (tertiary/aromatic N) is 2. The highest BCUT2D eigenvalue weighted by Gasteiger charge is 2.34. The zero-order valence-corrected chi connectivity index (χ0v) is 26.6. The highest BCUT2D eigenvalue weighted by Crippen LogP contribution is 2.40. The van der Waals surface area contributed by atoms with Gasteiger partial charge in [-0.25, -0.2) is 0 Å². The van der Waals surface area contributed by atoms with Crippen molar-refractivity contribution < 1.29 is 38.0 Å². The second-order valence-electron chi connectivity index (χ2n) is 10.6. The maximum Gasteiger partial charge on any atom is 0.254 e. The SMILES string of the molecule is COc1cc(C(=O)N2CCN(C(=O)c3cc(OC)c(OC)c(OC)c3)C(CCCc3ccc(C)cc3)C2)cc(OC)c1OC. The van der Waals surface area contributed by atoms with Crippen LogP contribution in [0.2, 0.25) is 0 Å². The van der Waals surface area contributed by atoms with Crippen molar-refractivity contribution in [2.75, 3.05) is 62.3 Å². The van der Waals surface area contributed by atoms with Gasteiger partial charge in [-0.05, 0) is 56.0 Å². The lowest BCUT2D eigenvalue weighted by Gasteiger charge is -2.42. The van der Waals surface area contributed by atoms with Crippen molar-refractivity contribution in [2.24, 2.45) is 0 Å². The molecule has 1 heterocycles. The van der Waals surface area contributed by atoms with Crippen LogP contribution in [0.5, 0.6) is 34.5 Å². The van der Waals surface area contributed by atoms with E-state index in [2.05, 4.69) is 31.2 Å². The van der Waals surface area contributed by atoms with Gasteiger partial charge in [0.05, 0.1) is 42.7 Å². The molecular formula is C34H42N2O8. The Labute approximate surface area is 259 Å². The molecule has 0 saturated carbocycles. The number of methoxy groups -OCH3 is 6. The van der Waals surface area contributed by atoms with Crippen LogP contribution in [-0.2, 0) is 6.42 Å². The largest absolute Gasteiger partial charge is 0.493 e. The summed E-state index contributed by atoms with van der Waals surface area (Å²) < 4.78 is 32.8. The van der Waals surface area contributed by atoms with Gasteiger partial charge in [0, 0.05) is 36.8 Å². The van der Waals surface area contributed by atoms with Gasteiger partial charge in [0.1, 0.15) is 0 Å². The molecule has 44 heavy (non-hydrogen) atoms. The van der Waals surface area contributed by atoms with E-state index in [0.29, 0.717) is 71.7 Å². The molecule has 1 saturated heterocycles. The fourth-order valence-corrected chi connectivity index (χ4v) is 5.61. The summed E-state index contributed by atoms with van der Waals surface area (Å²) in [7, 11) is 9.12. The predicted octanol–water partition coefficient (Wildman–Crippen LogP) is 5.04. The minimum Gasteiger partial charge on any atom is -0.493 e. The van der Waals surface area contributed by atoms with Gasteiger partial charge in [-0.15, -0.1) is 0 Å². The van der Waals surface area contributed by atoms with Crippen molar-refractivity contribution in [3.8, 4) is 34.5 Å². The average molecular weight is 607 g/mol. The van der Waals surface area contributed by atoms with E-state index in [1.54, 1.807) is 29.2 Å². The highest BCUT2D eigenvalue weighted by molar-refractivity contribution is 5.97. The lowest BCUT2D eigenvalue weighted by molar-refractivity contribution is 0.0368. The molecule has 0 aliphatic carbocycles. The van der Waals surface area contributed by atoms with Crippen LogP contribution < -0.4 is 28.4 Å². The van der Waals surface area contributed by atoms with E-state index in [0.717, 1.165) is 12.8 Å². The molecule has 10 nitrogen and oxygen atoms in total. The lowest BCUT2D eigenvalue weighted by atomic mass is 9.99. The highest BCUT2D eigenvalue weighted by atomic mass is 16.5. The number of carbonyl (C=O) groups is 2. The van der Waals surface area contributed by atoms with Gasteiger partial charge in [-0.3, -0.25) is 9.59 Å². The molecule has 3 aromatic rings. The topological polar surface area (TPSA) is 96.0 Å². The van der Waals surface area contributed by atoms with Crippen LogP contribution in [-0.4, -0.2) is 89.9 Å². The summed E-state index contributed by atoms with van der Waals surface area (Å²) in [6, 6.07) is 14.9. The Morgan fingerprint density at radius 1 is 0.682 bits per heavy atom. The smallest absolute Gasteiger partial charge is 0.254 e. The van der Waals surface area contributed by atoms with Crippen LogP contribution in [0, 0.1) is 6.92 Å². The molecule has 0 bridgehead atoms. The predicted molar refractivity (Wildman–Crippen MR) is 167 cm³/mol. The molecule has 0 spiro atoms. The summed E-state index contributed by atoms with van der Waals surface area (Å²) in [5.74, 6) is 2.12. The average Bonchev–Trinajstić information content (AvgIpc) is 3.06. The minimum atomic E-state index is -0.216. The molecule has 236 valence electrons. The van der Waals surface area contributed by atoms with Crippen LogP contribution in [0.4, 0.5) is 0 Å². The number of piperazine rings is 1. The first-order chi connectivity index (χ1) is 21.3. The fraction of sp³-hybridized carbons (Fsp3) is 0.412. The van der Waals surface area contributed by atoms with E-state index >= 15 is 0 Å². The minimum absolute atomic E-state index is 0.163. The summed E-state index contributed by atoms with van der Waals surface area (Å²) in [4.78, 5) is 31.5. The van der Waals surface area contributed by atoms with Crippen molar-refractivity contribution >= 4 is 11.8 Å². The maximum atomic E-state index is 14.0. The number of carbonyl (C=O) groups excluding carboxylic acids is 2. The molecule has 3 aromatic carbocycles. The molecule has 0 aromatic heterocycles. The first-order valence-electron chi connectivity index (χ1n) is 14.5. The number of hydrogen-bond donors (Lipinski definition) is 0. The van der Waals surface area contributed by atoms with Crippen molar-refractivity contribution in [3.05, 3.63) is 70.8 Å². The molecule has 1 unspecified atom stereocenters. The number of rotatable bonds is 12. The van der Waals surface area contributed by atoms with Gasteiger partial charge in [-0.1, -0.05) is 29.8 Å². The summed E-state index contributed by atoms with van der Waals surface area (Å²) in [5.41, 5.74) is 3.29. The first-order valence-corrected chi connectivity index (χ1v) is 14.5. The third-order valence-corrected chi connectivity index (χ3v) is 7.98. The molecule has 10 heteroatoms. The molecule has 1 atom stereocenters. The van der Waals surface area contributed by atoms with Gasteiger partial charge < -0.3 is 38.2 Å². The number of benzene rings is 3. The van der Waals surface area contributed by atoms with Gasteiger partial charge in [0.25, 0.3) is 11.8 Å². The van der Waals surface area contributed by atoms with E-state index in [1.165, 1.54) is 53.8 Å². The Bertz CT molecular complexity index is 1410. The summed E-state index contributed by atoms with van der Waals surface area (Å²) >= 11 is 0. The first kappa shape index (κ1) is 32.3. The monoisotopic (exact) mass is 606 g/mol. The Morgan fingerprint density at radius 3 is 1.61 bits per heavy atom. The van der Waals surface area contributed by atoms with Gasteiger partial charge >= 0.3 is 0 Å². The van der Waals surface area contributed by atoms with Crippen molar-refractivity contribution in [2.45, 2.75) is 32.2 Å². The third-order valence-electron chi connectivity index (χ3n) is 7.98. The van der Waals surface area contributed by atoms with Crippen LogP contribution in [0.3, 0.4) is 0 Å². The molecule has 1 fully saturated rings. The van der Waals surface area contributed by atoms with Crippen molar-refractivity contribution in [1.29, 1.82) is 0 Å². The standard InChI is InChI=1S/C34H42N2O8/c1-22-11-13-23(14-12-22)9-8-10-26-21-35(33(37)24-17-27(39-2)31(43-6)28(18-24)40-3)15-16-36(26)34(38)25-19-29(41-4)32(44-7)30(20-25)42-5/h11-14,17-20,26H,8-10,15-16,21H2,1-7H3. The van der Waals surface area contributed by atoms with Gasteiger partial charge in [0.15, 0.2) is 23.0 Å². The summed E-state index contributed by atoms with van der Waals surface area (Å²) in [6.45, 7) is 3.17. The van der Waals surface area contributed by atoms with E-state index in [4.69, 9.17) is 28.4 Å². The normalized spacial score (nSPS) is 14.6. The Kier molecular flexibility index (Phi) is 10.8. The number of aryl methyl sites for hydroxylation is 2. The second kappa shape index (κ2) is 14.7. The Balaban J connectivity index is 1.61. The van der Waals surface area contributed by atoms with E-state index in [-0.39, 0.29) is 17.9 Å². The Morgan fingerprint density at radius 2 is 1.16 bits per heavy atom. The zero-order valence-electron chi connectivity index (χ0n) is 26.6. The van der Waals surface area contributed by atoms with E-state index < -0.39 is 0 Å². The Hall–Kier alpha value is -4.60. The number of ether oxygens (including phenoxy) is 6. The third kappa shape index (κ3) is 6.96. The molecule has 0 N–H and O–H groups in total. The summed E-state index contributed by atoms with van der Waals surface area (Å²) in [6.07, 6.45) is 2.42. The molecule has 0 radical (unpaired) electrons. The molecule has 2 amide bonds. The van der Waals surface area contributed by atoms with E-state index in [1.807, 2.05) is 4.90 Å². The molecular weight excluding hydrogens is 564 g/mol. The molecule has 4 rings (SSSR count). The van der Waals surface area contributed by atoms with Gasteiger partial charge in [-0.2, -0.15) is 0 Å². The summed E-state index contributed by atoms with van der Waals surface area (Å²) in [5, 5.41) is 0. The van der Waals surface area contributed by atoms with Gasteiger partial charge in [0.2, 0.25) is 11.5 Å². The van der Waals surface area contributed by atoms with Crippen LogP contribution in [0.15, 0.2) is 48.5 Å². The van der Waals surface area contributed by atoms with Crippen LogP contribution in [0.25, 0.3) is 0 Å². The molecule has 1 aliphatic rings. The number of amides is 2. The maximum absolute atomic E-state index is 14.0. The molecule has 1 aliphatic heterocycles. The van der Waals surface area contributed by atoms with Crippen LogP contribution in [0.1, 0.15) is 44.7 Å². The van der Waals surface area contributed by atoms with Crippen molar-refractivity contribution in [1.82, 2.24) is 9.80 Å². The quantitative estimate of drug-likeness (QED) is 0.283. The lowest BCUT2D eigenvalue weighted by Crippen LogP contribution is -2.56. The fourth-order valence-electron chi connectivity index (χ4n) is 5.61. The number of hydrogen-bond acceptors (Lipinski definition) is 8. The van der Waals surface area contributed by atoms with Crippen LogP contribution >= 0.6 is 0 Å². The zero-order chi connectivity index (χ0) is 31.8. The van der Waals surface area contributed by atoms with Crippen molar-refractivity contribution in [3.63, 3.8) is 0 Å². The second-order valence-corrected chi connectivity index (χ2v) is 10.6. The van der Waals surface area contributed by atoms with E-state index in [9.17, 15) is 9.59 Å².